The van der Waals surface area contributed by atoms with Crippen molar-refractivity contribution in [1.29, 1.82) is 0 Å². The monoisotopic (exact) mass is 648 g/mol. The number of ether oxygens (including phenoxy) is 4. The predicted octanol–water partition coefficient (Wildman–Crippen LogP) is 6.85. The fourth-order valence-corrected chi connectivity index (χ4v) is 12.1. The van der Waals surface area contributed by atoms with E-state index in [9.17, 15) is 4.79 Å². The molecule has 45 heavy (non-hydrogen) atoms. The zero-order valence-corrected chi connectivity index (χ0v) is 30.1. The van der Waals surface area contributed by atoms with Gasteiger partial charge in [0.05, 0.1) is 25.7 Å². The van der Waals surface area contributed by atoms with Crippen molar-refractivity contribution in [2.24, 2.45) is 11.8 Å². The molecule has 0 amide bonds. The van der Waals surface area contributed by atoms with Gasteiger partial charge in [-0.25, -0.2) is 0 Å². The first-order valence-electron chi connectivity index (χ1n) is 15.8. The van der Waals surface area contributed by atoms with Crippen LogP contribution >= 0.6 is 0 Å². The third-order valence-electron chi connectivity index (χ3n) is 9.74. The summed E-state index contributed by atoms with van der Waals surface area (Å²) < 4.78 is 37.6. The standard InChI is InChI=1S/C36H48O7Si2/c1-35(2,3)44(8,9)43-33(28-20-30-31(41-24-40-30)21-29(28)38-7)32-25(22-39-34(32)37)23-42-45(36(4,5)6,26-16-12-10-13-17-26)27-18-14-11-15-19-27/h10-21,25,32-33H,22-24H2,1-9H3/t25-,32+,33+/m1/s1. The van der Waals surface area contributed by atoms with E-state index in [1.807, 2.05) is 24.3 Å². The van der Waals surface area contributed by atoms with Crippen molar-refractivity contribution >= 4 is 33.0 Å². The van der Waals surface area contributed by atoms with Crippen molar-refractivity contribution < 1.29 is 32.6 Å². The van der Waals surface area contributed by atoms with Crippen molar-refractivity contribution in [2.45, 2.75) is 70.8 Å². The van der Waals surface area contributed by atoms with Crippen LogP contribution in [-0.2, 0) is 18.4 Å². The molecule has 7 nitrogen and oxygen atoms in total. The number of rotatable bonds is 10. The molecule has 3 atom stereocenters. The molecule has 2 aliphatic heterocycles. The van der Waals surface area contributed by atoms with E-state index in [0.717, 1.165) is 5.56 Å². The Labute approximate surface area is 270 Å². The Bertz CT molecular complexity index is 1440. The van der Waals surface area contributed by atoms with Gasteiger partial charge in [0.15, 0.2) is 19.8 Å². The molecule has 1 saturated heterocycles. The van der Waals surface area contributed by atoms with Crippen molar-refractivity contribution in [3.05, 3.63) is 78.4 Å². The van der Waals surface area contributed by atoms with E-state index in [4.69, 9.17) is 27.8 Å². The molecule has 0 saturated carbocycles. The van der Waals surface area contributed by atoms with Gasteiger partial charge in [0.25, 0.3) is 8.32 Å². The molecule has 0 unspecified atom stereocenters. The lowest BCUT2D eigenvalue weighted by Gasteiger charge is -2.44. The quantitative estimate of drug-likeness (QED) is 0.176. The number of methoxy groups -OCH3 is 1. The number of hydrogen-bond acceptors (Lipinski definition) is 7. The molecule has 3 aromatic rings. The van der Waals surface area contributed by atoms with Crippen molar-refractivity contribution in [1.82, 2.24) is 0 Å². The maximum atomic E-state index is 13.8. The maximum Gasteiger partial charge on any atom is 0.312 e. The Kier molecular flexibility index (Phi) is 9.30. The van der Waals surface area contributed by atoms with Gasteiger partial charge in [-0.05, 0) is 39.6 Å². The topological polar surface area (TPSA) is 72.5 Å². The van der Waals surface area contributed by atoms with Gasteiger partial charge >= 0.3 is 5.97 Å². The van der Waals surface area contributed by atoms with Gasteiger partial charge in [0.1, 0.15) is 5.75 Å². The number of hydrogen-bond donors (Lipinski definition) is 0. The summed E-state index contributed by atoms with van der Waals surface area (Å²) in [4.78, 5) is 13.8. The Morgan fingerprint density at radius 2 is 1.38 bits per heavy atom. The molecule has 1 fully saturated rings. The van der Waals surface area contributed by atoms with Crippen LogP contribution in [0.25, 0.3) is 0 Å². The maximum absolute atomic E-state index is 13.8. The first-order valence-corrected chi connectivity index (χ1v) is 20.6. The predicted molar refractivity (Wildman–Crippen MR) is 182 cm³/mol. The number of carbonyl (C=O) groups is 1. The molecule has 9 heteroatoms. The number of benzene rings is 3. The second-order valence-electron chi connectivity index (χ2n) is 14.6. The minimum absolute atomic E-state index is 0.0990. The SMILES string of the molecule is COc1cc2c(cc1[C@H](O[Si](C)(C)C(C)(C)C)[C@H]1C(=O)OC[C@@H]1CO[Si](c1ccccc1)(c1ccccc1)C(C)(C)C)OCO2. The summed E-state index contributed by atoms with van der Waals surface area (Å²) in [6.07, 6.45) is -0.627. The van der Waals surface area contributed by atoms with Crippen LogP contribution in [0.15, 0.2) is 72.8 Å². The smallest absolute Gasteiger partial charge is 0.312 e. The minimum Gasteiger partial charge on any atom is -0.496 e. The third-order valence-corrected chi connectivity index (χ3v) is 19.2. The largest absolute Gasteiger partial charge is 0.496 e. The average molecular weight is 649 g/mol. The minimum atomic E-state index is -2.85. The number of cyclic esters (lactones) is 1. The van der Waals surface area contributed by atoms with E-state index < -0.39 is 28.7 Å². The van der Waals surface area contributed by atoms with Gasteiger partial charge < -0.3 is 27.8 Å². The molecule has 0 spiro atoms. The zero-order valence-electron chi connectivity index (χ0n) is 28.1. The van der Waals surface area contributed by atoms with E-state index in [2.05, 4.69) is 103 Å². The van der Waals surface area contributed by atoms with Crippen LogP contribution in [-0.4, -0.2) is 49.7 Å². The number of carbonyl (C=O) groups excluding carboxylic acids is 1. The summed E-state index contributed by atoms with van der Waals surface area (Å²) in [5.74, 6) is 0.683. The van der Waals surface area contributed by atoms with E-state index in [1.165, 1.54) is 10.4 Å². The molecule has 2 heterocycles. The fraction of sp³-hybridized carbons (Fsp3) is 0.472. The van der Waals surface area contributed by atoms with Crippen LogP contribution in [0.1, 0.15) is 53.2 Å². The lowest BCUT2D eigenvalue weighted by molar-refractivity contribution is -0.144. The highest BCUT2D eigenvalue weighted by molar-refractivity contribution is 6.99. The Morgan fingerprint density at radius 3 is 1.89 bits per heavy atom. The Hall–Kier alpha value is -3.12. The van der Waals surface area contributed by atoms with Gasteiger partial charge in [-0.3, -0.25) is 4.79 Å². The number of esters is 1. The molecule has 0 aliphatic carbocycles. The molecule has 0 radical (unpaired) electrons. The van der Waals surface area contributed by atoms with E-state index >= 15 is 0 Å². The molecule has 5 rings (SSSR count). The fourth-order valence-electron chi connectivity index (χ4n) is 6.26. The van der Waals surface area contributed by atoms with Crippen LogP contribution in [0.2, 0.25) is 23.2 Å². The van der Waals surface area contributed by atoms with Gasteiger partial charge in [-0.1, -0.05) is 102 Å². The average Bonchev–Trinajstić information content (AvgIpc) is 3.61. The van der Waals surface area contributed by atoms with Crippen LogP contribution in [0, 0.1) is 11.8 Å². The van der Waals surface area contributed by atoms with E-state index in [0.29, 0.717) is 23.9 Å². The zero-order chi connectivity index (χ0) is 32.6. The first-order chi connectivity index (χ1) is 21.2. The van der Waals surface area contributed by atoms with Crippen LogP contribution in [0.3, 0.4) is 0 Å². The number of fused-ring (bicyclic) bond motifs is 1. The molecule has 2 aliphatic rings. The second-order valence-corrected chi connectivity index (χ2v) is 23.7. The molecular weight excluding hydrogens is 601 g/mol. The Morgan fingerprint density at radius 1 is 0.822 bits per heavy atom. The lowest BCUT2D eigenvalue weighted by Crippen LogP contribution is -2.67. The summed E-state index contributed by atoms with van der Waals surface area (Å²) in [7, 11) is -3.63. The Balaban J connectivity index is 1.59. The van der Waals surface area contributed by atoms with Crippen LogP contribution < -0.4 is 24.6 Å². The summed E-state index contributed by atoms with van der Waals surface area (Å²) in [5, 5.41) is 2.08. The molecule has 0 bridgehead atoms. The second kappa shape index (κ2) is 12.6. The summed E-state index contributed by atoms with van der Waals surface area (Å²) in [6.45, 7) is 18.5. The molecular formula is C36H48O7Si2. The molecule has 3 aromatic carbocycles. The van der Waals surface area contributed by atoms with Crippen LogP contribution in [0.5, 0.6) is 17.2 Å². The lowest BCUT2D eigenvalue weighted by atomic mass is 9.86. The van der Waals surface area contributed by atoms with Gasteiger partial charge in [-0.2, -0.15) is 0 Å². The normalized spacial score (nSPS) is 19.4. The van der Waals surface area contributed by atoms with Crippen molar-refractivity contribution in [3.63, 3.8) is 0 Å². The highest BCUT2D eigenvalue weighted by atomic mass is 28.4. The van der Waals surface area contributed by atoms with E-state index in [1.54, 1.807) is 7.11 Å². The molecule has 0 aromatic heterocycles. The van der Waals surface area contributed by atoms with E-state index in [-0.39, 0.29) is 35.4 Å². The van der Waals surface area contributed by atoms with Gasteiger partial charge in [0, 0.05) is 24.2 Å². The highest BCUT2D eigenvalue weighted by Gasteiger charge is 2.53. The molecule has 242 valence electrons. The van der Waals surface area contributed by atoms with Crippen molar-refractivity contribution in [3.8, 4) is 17.2 Å². The highest BCUT2D eigenvalue weighted by Crippen LogP contribution is 2.50. The summed E-state index contributed by atoms with van der Waals surface area (Å²) >= 11 is 0. The third kappa shape index (κ3) is 6.32. The van der Waals surface area contributed by atoms with Crippen LogP contribution in [0.4, 0.5) is 0 Å². The summed E-state index contributed by atoms with van der Waals surface area (Å²) in [5.41, 5.74) is 0.755. The summed E-state index contributed by atoms with van der Waals surface area (Å²) in [6, 6.07) is 24.8. The van der Waals surface area contributed by atoms with Gasteiger partial charge in [-0.15, -0.1) is 0 Å². The first kappa shape index (κ1) is 33.3. The van der Waals surface area contributed by atoms with Gasteiger partial charge in [0.2, 0.25) is 6.79 Å². The molecule has 0 N–H and O–H groups in total. The van der Waals surface area contributed by atoms with Crippen molar-refractivity contribution in [2.75, 3.05) is 27.1 Å².